The first-order valence-electron chi connectivity index (χ1n) is 19.8. The van der Waals surface area contributed by atoms with Gasteiger partial charge in [-0.3, -0.25) is 9.59 Å². The van der Waals surface area contributed by atoms with E-state index in [0.717, 1.165) is 45.4 Å². The van der Waals surface area contributed by atoms with Crippen LogP contribution in [0.15, 0.2) is 213 Å². The van der Waals surface area contributed by atoms with Crippen LogP contribution in [-0.4, -0.2) is 38.0 Å². The van der Waals surface area contributed by atoms with E-state index < -0.39 is 11.1 Å². The number of carbonyl (C=O) groups is 2. The van der Waals surface area contributed by atoms with Gasteiger partial charge in [0.2, 0.25) is 0 Å². The molecule has 0 amide bonds. The molecule has 0 fully saturated rings. The molecule has 0 atom stereocenters. The molecule has 8 rings (SSSR count). The Kier molecular flexibility index (Phi) is 12.9. The number of esters is 1. The number of aromatic nitrogens is 4. The average molecular weight is 775 g/mol. The molecule has 292 valence electrons. The van der Waals surface area contributed by atoms with Crippen molar-refractivity contribution in [1.29, 1.82) is 0 Å². The summed E-state index contributed by atoms with van der Waals surface area (Å²) in [4.78, 5) is 31.8. The standard InChI is InChI=1S/C29H28N2O2.C23H18N2O/c1-2-33-28(32)21-13-12-20-27-22-31(23-30-27)29(24-14-6-3-7-15-24,25-16-8-4-9-17-25)26-18-10-5-11-19-26;26-17-22-16-25(18-24-22)23(19-10-4-1-5-11-19,20-12-6-2-7-13-20)21-14-8-3-9-15-21/h3-12,14-20,22-23H,2,13,21H2,1H3;1-18H/b20-12-;. The minimum absolute atomic E-state index is 0.177. The highest BCUT2D eigenvalue weighted by molar-refractivity contribution is 5.71. The number of aldehydes is 1. The summed E-state index contributed by atoms with van der Waals surface area (Å²) in [6.45, 7) is 2.23. The summed E-state index contributed by atoms with van der Waals surface area (Å²) in [5.41, 5.74) is 6.83. The zero-order valence-corrected chi connectivity index (χ0v) is 33.0. The second-order valence-corrected chi connectivity index (χ2v) is 13.9. The van der Waals surface area contributed by atoms with Gasteiger partial charge in [0.15, 0.2) is 6.29 Å². The van der Waals surface area contributed by atoms with Gasteiger partial charge in [0, 0.05) is 18.8 Å². The van der Waals surface area contributed by atoms with Crippen LogP contribution in [-0.2, 0) is 20.6 Å². The SMILES string of the molecule is CCOC(=O)CC/C=C\c1cn(C(c2ccccc2)(c2ccccc2)c2ccccc2)cn1.O=Cc1cn(C(c2ccccc2)(c2ccccc2)c2ccccc2)cn1. The van der Waals surface area contributed by atoms with Gasteiger partial charge >= 0.3 is 5.97 Å². The third kappa shape index (κ3) is 8.50. The van der Waals surface area contributed by atoms with Crippen LogP contribution in [0.5, 0.6) is 0 Å². The Hall–Kier alpha value is -7.38. The van der Waals surface area contributed by atoms with Crippen molar-refractivity contribution in [2.75, 3.05) is 6.61 Å². The highest BCUT2D eigenvalue weighted by Gasteiger charge is 2.39. The van der Waals surface area contributed by atoms with E-state index in [1.54, 1.807) is 12.5 Å². The van der Waals surface area contributed by atoms with E-state index in [1.807, 2.05) is 103 Å². The maximum absolute atomic E-state index is 11.6. The molecule has 6 aromatic carbocycles. The van der Waals surface area contributed by atoms with Crippen LogP contribution in [0, 0.1) is 0 Å². The van der Waals surface area contributed by atoms with Crippen LogP contribution < -0.4 is 0 Å². The fraction of sp³-hybridized carbons (Fsp3) is 0.115. The number of hydrogen-bond donors (Lipinski definition) is 0. The number of hydrogen-bond acceptors (Lipinski definition) is 5. The van der Waals surface area contributed by atoms with Gasteiger partial charge in [0.05, 0.1) is 25.0 Å². The molecule has 2 heterocycles. The van der Waals surface area contributed by atoms with Crippen LogP contribution in [0.1, 0.15) is 69.3 Å². The van der Waals surface area contributed by atoms with Crippen LogP contribution in [0.4, 0.5) is 0 Å². The number of nitrogens with zero attached hydrogens (tertiary/aromatic N) is 4. The molecule has 7 heteroatoms. The molecular formula is C52H46N4O3. The molecule has 0 unspecified atom stereocenters. The Morgan fingerprint density at radius 3 is 1.15 bits per heavy atom. The van der Waals surface area contributed by atoms with Gasteiger partial charge in [-0.2, -0.15) is 0 Å². The molecule has 0 aliphatic heterocycles. The van der Waals surface area contributed by atoms with Crippen molar-refractivity contribution in [3.63, 3.8) is 0 Å². The quantitative estimate of drug-likeness (QED) is 0.0624. The van der Waals surface area contributed by atoms with Crippen molar-refractivity contribution in [2.24, 2.45) is 0 Å². The zero-order valence-electron chi connectivity index (χ0n) is 33.0. The van der Waals surface area contributed by atoms with Crippen molar-refractivity contribution in [3.8, 4) is 0 Å². The Bertz CT molecular complexity index is 2340. The van der Waals surface area contributed by atoms with E-state index >= 15 is 0 Å². The van der Waals surface area contributed by atoms with E-state index in [-0.39, 0.29) is 5.97 Å². The smallest absolute Gasteiger partial charge is 0.306 e. The molecule has 7 nitrogen and oxygen atoms in total. The highest BCUT2D eigenvalue weighted by Crippen LogP contribution is 2.42. The van der Waals surface area contributed by atoms with E-state index in [0.29, 0.717) is 25.1 Å². The lowest BCUT2D eigenvalue weighted by Crippen LogP contribution is -2.36. The number of allylic oxidation sites excluding steroid dienone is 1. The maximum atomic E-state index is 11.6. The van der Waals surface area contributed by atoms with Gasteiger partial charge in [-0.1, -0.05) is 188 Å². The first-order valence-corrected chi connectivity index (χ1v) is 19.8. The van der Waals surface area contributed by atoms with Crippen molar-refractivity contribution in [3.05, 3.63) is 258 Å². The third-order valence-corrected chi connectivity index (χ3v) is 10.4. The molecular weight excluding hydrogens is 729 g/mol. The Balaban J connectivity index is 0.000000184. The van der Waals surface area contributed by atoms with E-state index in [4.69, 9.17) is 4.74 Å². The van der Waals surface area contributed by atoms with E-state index in [1.165, 1.54) is 0 Å². The summed E-state index contributed by atoms with van der Waals surface area (Å²) < 4.78 is 9.20. The molecule has 59 heavy (non-hydrogen) atoms. The lowest BCUT2D eigenvalue weighted by Gasteiger charge is -2.37. The van der Waals surface area contributed by atoms with Crippen LogP contribution in [0.25, 0.3) is 6.08 Å². The molecule has 0 saturated carbocycles. The summed E-state index contributed by atoms with van der Waals surface area (Å²) in [7, 11) is 0. The molecule has 0 aliphatic rings. The monoisotopic (exact) mass is 774 g/mol. The summed E-state index contributed by atoms with van der Waals surface area (Å²) in [6.07, 6.45) is 13.2. The first-order chi connectivity index (χ1) is 29.1. The van der Waals surface area contributed by atoms with Crippen molar-refractivity contribution in [1.82, 2.24) is 19.1 Å². The number of ether oxygens (including phenoxy) is 1. The molecule has 0 radical (unpaired) electrons. The fourth-order valence-electron chi connectivity index (χ4n) is 7.80. The lowest BCUT2D eigenvalue weighted by atomic mass is 9.77. The van der Waals surface area contributed by atoms with Crippen molar-refractivity contribution >= 4 is 18.3 Å². The predicted octanol–water partition coefficient (Wildman–Crippen LogP) is 10.6. The highest BCUT2D eigenvalue weighted by atomic mass is 16.5. The third-order valence-electron chi connectivity index (χ3n) is 10.4. The van der Waals surface area contributed by atoms with E-state index in [2.05, 4.69) is 130 Å². The predicted molar refractivity (Wildman–Crippen MR) is 234 cm³/mol. The fourth-order valence-corrected chi connectivity index (χ4v) is 7.80. The minimum Gasteiger partial charge on any atom is -0.466 e. The number of rotatable bonds is 14. The molecule has 0 aliphatic carbocycles. The summed E-state index contributed by atoms with van der Waals surface area (Å²) >= 11 is 0. The molecule has 0 saturated heterocycles. The normalized spacial score (nSPS) is 11.4. The van der Waals surface area contributed by atoms with Gasteiger partial charge in [0.25, 0.3) is 0 Å². The van der Waals surface area contributed by atoms with Crippen molar-refractivity contribution in [2.45, 2.75) is 30.8 Å². The molecule has 8 aromatic rings. The number of carbonyl (C=O) groups excluding carboxylic acids is 2. The molecule has 0 N–H and O–H groups in total. The largest absolute Gasteiger partial charge is 0.466 e. The van der Waals surface area contributed by atoms with Gasteiger partial charge in [-0.15, -0.1) is 0 Å². The second kappa shape index (κ2) is 19.2. The van der Waals surface area contributed by atoms with Crippen LogP contribution in [0.3, 0.4) is 0 Å². The molecule has 2 aromatic heterocycles. The Morgan fingerprint density at radius 1 is 0.525 bits per heavy atom. The number of imidazole rings is 2. The lowest BCUT2D eigenvalue weighted by molar-refractivity contribution is -0.143. The molecule has 0 spiro atoms. The zero-order chi connectivity index (χ0) is 40.8. The van der Waals surface area contributed by atoms with Crippen molar-refractivity contribution < 1.29 is 14.3 Å². The summed E-state index contributed by atoms with van der Waals surface area (Å²) in [5, 5.41) is 0. The first kappa shape index (κ1) is 39.8. The average Bonchev–Trinajstić information content (AvgIpc) is 3.99. The van der Waals surface area contributed by atoms with Crippen LogP contribution in [0.2, 0.25) is 0 Å². The Labute approximate surface area is 346 Å². The van der Waals surface area contributed by atoms with Gasteiger partial charge in [-0.05, 0) is 52.8 Å². The summed E-state index contributed by atoms with van der Waals surface area (Å²) in [5.74, 6) is -0.177. The van der Waals surface area contributed by atoms with Gasteiger partial charge in [-0.25, -0.2) is 9.97 Å². The molecule has 0 bridgehead atoms. The summed E-state index contributed by atoms with van der Waals surface area (Å²) in [6, 6.07) is 62.4. The maximum Gasteiger partial charge on any atom is 0.306 e. The van der Waals surface area contributed by atoms with E-state index in [9.17, 15) is 9.59 Å². The Morgan fingerprint density at radius 2 is 0.847 bits per heavy atom. The minimum atomic E-state index is -0.613. The second-order valence-electron chi connectivity index (χ2n) is 13.9. The van der Waals surface area contributed by atoms with Gasteiger partial charge in [0.1, 0.15) is 16.8 Å². The van der Waals surface area contributed by atoms with Gasteiger partial charge < -0.3 is 13.9 Å². The van der Waals surface area contributed by atoms with Crippen LogP contribution >= 0.6 is 0 Å². The number of benzene rings is 6. The topological polar surface area (TPSA) is 79.0 Å².